The van der Waals surface area contributed by atoms with Gasteiger partial charge in [-0.05, 0) is 107 Å². The van der Waals surface area contributed by atoms with Gasteiger partial charge in [-0.25, -0.2) is 4.98 Å². The van der Waals surface area contributed by atoms with Gasteiger partial charge in [-0.2, -0.15) is 0 Å². The molecule has 0 fully saturated rings. The molecule has 1 unspecified atom stereocenters. The minimum atomic E-state index is 0.0434. The van der Waals surface area contributed by atoms with Crippen LogP contribution in [-0.4, -0.2) is 9.55 Å². The Labute approximate surface area is 340 Å². The number of fused-ring (bicyclic) bond motifs is 1. The first-order chi connectivity index (χ1) is 27.9. The summed E-state index contributed by atoms with van der Waals surface area (Å²) in [6.45, 7) is 17.5. The van der Waals surface area contributed by atoms with Crippen molar-refractivity contribution in [3.8, 4) is 5.69 Å². The fourth-order valence-electron chi connectivity index (χ4n) is 7.32. The molecule has 0 radical (unpaired) electrons. The fourth-order valence-corrected chi connectivity index (χ4v) is 7.32. The van der Waals surface area contributed by atoms with Crippen LogP contribution in [0.15, 0.2) is 189 Å². The second-order valence-corrected chi connectivity index (χ2v) is 14.2. The van der Waals surface area contributed by atoms with Gasteiger partial charge in [0.1, 0.15) is 5.82 Å². The third-order valence-corrected chi connectivity index (χ3v) is 10.3. The van der Waals surface area contributed by atoms with E-state index >= 15 is 0 Å². The van der Waals surface area contributed by atoms with E-state index in [4.69, 9.17) is 11.6 Å². The molecule has 1 heterocycles. The monoisotopic (exact) mass is 742 g/mol. The molecule has 4 aromatic carbocycles. The smallest absolute Gasteiger partial charge is 0.120 e. The molecule has 5 aromatic rings. The van der Waals surface area contributed by atoms with Crippen LogP contribution in [0.5, 0.6) is 0 Å². The maximum Gasteiger partial charge on any atom is 0.120 e. The molecule has 1 aliphatic rings. The molecule has 1 atom stereocenters. The van der Waals surface area contributed by atoms with Gasteiger partial charge in [0.25, 0.3) is 0 Å². The van der Waals surface area contributed by atoms with E-state index in [1.54, 1.807) is 0 Å². The van der Waals surface area contributed by atoms with E-state index in [1.165, 1.54) is 16.5 Å². The van der Waals surface area contributed by atoms with Crippen molar-refractivity contribution in [3.05, 3.63) is 234 Å². The lowest BCUT2D eigenvalue weighted by Gasteiger charge is -2.15. The summed E-state index contributed by atoms with van der Waals surface area (Å²) in [6, 6.07) is 38.8. The number of benzene rings is 3. The second kappa shape index (κ2) is 19.9. The summed E-state index contributed by atoms with van der Waals surface area (Å²) in [6.07, 6.45) is 31.1. The van der Waals surface area contributed by atoms with Crippen molar-refractivity contribution in [2.45, 2.75) is 52.9 Å². The molecule has 0 saturated heterocycles. The molecule has 0 aliphatic heterocycles. The molecule has 57 heavy (non-hydrogen) atoms. The normalized spacial score (nSPS) is 16.4. The Morgan fingerprint density at radius 1 is 0.807 bits per heavy atom. The van der Waals surface area contributed by atoms with Crippen molar-refractivity contribution in [1.29, 1.82) is 0 Å². The zero-order valence-electron chi connectivity index (χ0n) is 33.9. The van der Waals surface area contributed by atoms with Gasteiger partial charge in [-0.3, -0.25) is 4.57 Å². The van der Waals surface area contributed by atoms with Crippen molar-refractivity contribution < 1.29 is 0 Å². The average molecular weight is 743 g/mol. The molecule has 0 bridgehead atoms. The lowest BCUT2D eigenvalue weighted by molar-refractivity contribution is 0.807. The van der Waals surface area contributed by atoms with E-state index in [-0.39, 0.29) is 5.92 Å². The molecule has 0 spiro atoms. The number of nitrogens with zero attached hydrogens (tertiary/aromatic N) is 2. The second-order valence-electron chi connectivity index (χ2n) is 14.2. The Bertz CT molecular complexity index is 2510. The van der Waals surface area contributed by atoms with Gasteiger partial charge in [-0.15, -0.1) is 0 Å². The van der Waals surface area contributed by atoms with E-state index in [9.17, 15) is 0 Å². The molecule has 6 rings (SSSR count). The summed E-state index contributed by atoms with van der Waals surface area (Å²) < 4.78 is 2.30. The Balaban J connectivity index is 1.53. The van der Waals surface area contributed by atoms with Gasteiger partial charge in [-0.1, -0.05) is 197 Å². The molecular formula is C55H54N2. The van der Waals surface area contributed by atoms with Gasteiger partial charge in [0.15, 0.2) is 0 Å². The number of aromatic nitrogens is 2. The fraction of sp³-hybridized carbons (Fsp3) is 0.145. The number of para-hydroxylation sites is 1. The number of aryl methyl sites for hydroxylation is 1. The SMILES string of the molecule is C=Cc1ccccc1C(=C)c1ccc(C(/C=C\C(C)c2nc(C)c(/C=C\CC)n2-c2ccccc2)=C/C)cccc(/C2=C/C=C\C/C=C\C=C/C2)c2ccccc12. The van der Waals surface area contributed by atoms with Crippen molar-refractivity contribution in [2.75, 3.05) is 0 Å². The van der Waals surface area contributed by atoms with E-state index in [0.29, 0.717) is 0 Å². The van der Waals surface area contributed by atoms with Crippen molar-refractivity contribution >= 4 is 39.6 Å². The van der Waals surface area contributed by atoms with Gasteiger partial charge >= 0.3 is 0 Å². The minimum absolute atomic E-state index is 0.0434. The van der Waals surface area contributed by atoms with Crippen LogP contribution in [0, 0.1) is 6.92 Å². The van der Waals surface area contributed by atoms with Crippen LogP contribution in [0.1, 0.15) is 91.0 Å². The van der Waals surface area contributed by atoms with Crippen LogP contribution in [0.2, 0.25) is 0 Å². The van der Waals surface area contributed by atoms with Crippen molar-refractivity contribution in [3.63, 3.8) is 0 Å². The summed E-state index contributed by atoms with van der Waals surface area (Å²) >= 11 is 0. The Morgan fingerprint density at radius 3 is 2.33 bits per heavy atom. The van der Waals surface area contributed by atoms with Crippen molar-refractivity contribution in [2.24, 2.45) is 0 Å². The van der Waals surface area contributed by atoms with Gasteiger partial charge < -0.3 is 0 Å². The molecule has 1 aromatic heterocycles. The lowest BCUT2D eigenvalue weighted by Crippen LogP contribution is -2.05. The Morgan fingerprint density at radius 2 is 1.54 bits per heavy atom. The van der Waals surface area contributed by atoms with Crippen LogP contribution >= 0.6 is 0 Å². The molecule has 2 nitrogen and oxygen atoms in total. The predicted molar refractivity (Wildman–Crippen MR) is 250 cm³/mol. The van der Waals surface area contributed by atoms with E-state index in [0.717, 1.165) is 80.9 Å². The first-order valence-electron chi connectivity index (χ1n) is 20.1. The lowest BCUT2D eigenvalue weighted by atomic mass is 9.90. The molecule has 2 heteroatoms. The zero-order chi connectivity index (χ0) is 40.0. The minimum Gasteiger partial charge on any atom is -0.296 e. The summed E-state index contributed by atoms with van der Waals surface area (Å²) in [5, 5.41) is 2.30. The van der Waals surface area contributed by atoms with Crippen LogP contribution < -0.4 is 0 Å². The Hall–Kier alpha value is -6.51. The number of imidazole rings is 1. The van der Waals surface area contributed by atoms with Crippen LogP contribution in [0.4, 0.5) is 0 Å². The van der Waals surface area contributed by atoms with Crippen LogP contribution in [-0.2, 0) is 0 Å². The molecular weight excluding hydrogens is 689 g/mol. The largest absolute Gasteiger partial charge is 0.296 e. The quantitative estimate of drug-likeness (QED) is 0.123. The predicted octanol–water partition coefficient (Wildman–Crippen LogP) is 15.2. The number of allylic oxidation sites excluding steroid dienone is 13. The summed E-state index contributed by atoms with van der Waals surface area (Å²) in [7, 11) is 0. The third-order valence-electron chi connectivity index (χ3n) is 10.3. The number of rotatable bonds is 11. The molecule has 0 amide bonds. The van der Waals surface area contributed by atoms with Crippen molar-refractivity contribution in [1.82, 2.24) is 9.55 Å². The highest BCUT2D eigenvalue weighted by atomic mass is 15.1. The van der Waals surface area contributed by atoms with E-state index < -0.39 is 0 Å². The number of hydrogen-bond acceptors (Lipinski definition) is 1. The Kier molecular flexibility index (Phi) is 14.0. The first-order valence-corrected chi connectivity index (χ1v) is 20.1. The van der Waals surface area contributed by atoms with Gasteiger partial charge in [0.2, 0.25) is 0 Å². The summed E-state index contributed by atoms with van der Waals surface area (Å²) in [4.78, 5) is 5.14. The highest BCUT2D eigenvalue weighted by molar-refractivity contribution is 6.02. The summed E-state index contributed by atoms with van der Waals surface area (Å²) in [5.74, 6) is 1.06. The average Bonchev–Trinajstić information content (AvgIpc) is 3.59. The molecule has 1 aliphatic carbocycles. The van der Waals surface area contributed by atoms with Gasteiger partial charge in [0, 0.05) is 11.6 Å². The van der Waals surface area contributed by atoms with Crippen LogP contribution in [0.3, 0.4) is 0 Å². The highest BCUT2D eigenvalue weighted by Crippen LogP contribution is 2.34. The van der Waals surface area contributed by atoms with Crippen LogP contribution in [0.25, 0.3) is 45.3 Å². The maximum absolute atomic E-state index is 5.14. The molecule has 0 N–H and O–H groups in total. The van der Waals surface area contributed by atoms with E-state index in [2.05, 4.69) is 221 Å². The summed E-state index contributed by atoms with van der Waals surface area (Å²) in [5.41, 5.74) is 12.0. The topological polar surface area (TPSA) is 17.8 Å². The highest BCUT2D eigenvalue weighted by Gasteiger charge is 2.18. The first kappa shape index (κ1) is 40.2. The maximum atomic E-state index is 5.14. The third kappa shape index (κ3) is 9.66. The van der Waals surface area contributed by atoms with E-state index in [1.807, 2.05) is 6.08 Å². The molecule has 0 saturated carbocycles. The zero-order valence-corrected chi connectivity index (χ0v) is 33.9. The molecule has 284 valence electrons. The van der Waals surface area contributed by atoms with Gasteiger partial charge in [0.05, 0.1) is 11.4 Å². The standard InChI is InChI=1S/C55H54N2/c1-7-10-36-54-43(6)56-55(57(54)48-30-19-16-20-31-48)41(4)37-38-44(8-2)46-29-25-35-51(47-27-17-14-12-11-13-15-18-28-47)53-34-24-23-33-52(53)50(40-39-46)42(5)49-32-22-21-26-45(49)9-3/h8-12,14-26,28-41H,3,5,7,13,27H2,1-2,4,6H3/b12-11-,17-14-,18-15-,29-25?,35-25?,36-10-,38-37-,40-39?,44-8+,46-29?,46-39?,47-28+,50-40?,51-35?,52-50?,53-51?. The number of hydrogen-bond donors (Lipinski definition) is 0.